The van der Waals surface area contributed by atoms with Crippen LogP contribution >= 0.6 is 0 Å². The molecule has 0 saturated carbocycles. The van der Waals surface area contributed by atoms with Gasteiger partial charge in [0.1, 0.15) is 6.07 Å². The summed E-state index contributed by atoms with van der Waals surface area (Å²) in [7, 11) is 1.12. The zero-order valence-corrected chi connectivity index (χ0v) is 8.71. The summed E-state index contributed by atoms with van der Waals surface area (Å²) in [4.78, 5) is 14.4. The van der Waals surface area contributed by atoms with Crippen LogP contribution in [0.3, 0.4) is 0 Å². The number of aromatic nitrogens is 1. The Balaban J connectivity index is 3.21. The lowest BCUT2D eigenvalue weighted by atomic mass is 10.1. The molecular weight excluding hydrogens is 237 g/mol. The number of nitrogens with zero attached hydrogens (tertiary/aromatic N) is 2. The fraction of sp³-hybridized carbons (Fsp3) is 0.300. The van der Waals surface area contributed by atoms with Gasteiger partial charge in [0.15, 0.2) is 11.5 Å². The number of hydrogen-bond acceptors (Lipinski definition) is 4. The average Bonchev–Trinajstić information content (AvgIpc) is 2.30. The highest BCUT2D eigenvalue weighted by atomic mass is 19.3. The van der Waals surface area contributed by atoms with Crippen molar-refractivity contribution in [3.63, 3.8) is 0 Å². The first kappa shape index (κ1) is 13.0. The summed E-state index contributed by atoms with van der Waals surface area (Å²) < 4.78 is 42.5. The van der Waals surface area contributed by atoms with Crippen LogP contribution < -0.4 is 0 Å². The van der Waals surface area contributed by atoms with Crippen LogP contribution in [0, 0.1) is 17.1 Å². The molecule has 0 aliphatic rings. The summed E-state index contributed by atoms with van der Waals surface area (Å²) in [6, 6.07) is 2.10. The molecule has 0 atom stereocenters. The van der Waals surface area contributed by atoms with Gasteiger partial charge in [0.2, 0.25) is 0 Å². The van der Waals surface area contributed by atoms with Crippen LogP contribution in [0.2, 0.25) is 0 Å². The van der Waals surface area contributed by atoms with Crippen molar-refractivity contribution >= 4 is 5.97 Å². The predicted molar refractivity (Wildman–Crippen MR) is 49.6 cm³/mol. The Bertz CT molecular complexity index is 483. The quantitative estimate of drug-likeness (QED) is 0.760. The molecular formula is C10H7F3N2O2. The molecule has 0 radical (unpaired) electrons. The summed E-state index contributed by atoms with van der Waals surface area (Å²) >= 11 is 0. The molecule has 0 amide bonds. The van der Waals surface area contributed by atoms with Gasteiger partial charge in [0.05, 0.1) is 24.8 Å². The number of hydrogen-bond donors (Lipinski definition) is 0. The van der Waals surface area contributed by atoms with Crippen molar-refractivity contribution in [3.8, 4) is 6.07 Å². The molecule has 0 fully saturated rings. The van der Waals surface area contributed by atoms with E-state index in [0.29, 0.717) is 0 Å². The van der Waals surface area contributed by atoms with Crippen molar-refractivity contribution in [1.29, 1.82) is 5.26 Å². The monoisotopic (exact) mass is 244 g/mol. The van der Waals surface area contributed by atoms with Gasteiger partial charge in [-0.15, -0.1) is 0 Å². The SMILES string of the molecule is COC(=O)Cc1cc(C(F)F)c(F)c(C#N)n1. The minimum absolute atomic E-state index is 0.134. The van der Waals surface area contributed by atoms with Crippen LogP contribution in [0.25, 0.3) is 0 Å². The van der Waals surface area contributed by atoms with Crippen LogP contribution in [0.4, 0.5) is 13.2 Å². The average molecular weight is 244 g/mol. The van der Waals surface area contributed by atoms with Crippen molar-refractivity contribution in [2.24, 2.45) is 0 Å². The highest BCUT2D eigenvalue weighted by molar-refractivity contribution is 5.71. The van der Waals surface area contributed by atoms with Crippen LogP contribution in [0.5, 0.6) is 0 Å². The van der Waals surface area contributed by atoms with Crippen LogP contribution in [-0.4, -0.2) is 18.1 Å². The Morgan fingerprint density at radius 1 is 1.65 bits per heavy atom. The van der Waals surface area contributed by atoms with Gasteiger partial charge in [-0.1, -0.05) is 0 Å². The van der Waals surface area contributed by atoms with E-state index in [-0.39, 0.29) is 5.69 Å². The molecule has 1 heterocycles. The molecule has 0 aliphatic carbocycles. The molecule has 0 saturated heterocycles. The normalized spacial score (nSPS) is 10.1. The third-order valence-corrected chi connectivity index (χ3v) is 1.93. The smallest absolute Gasteiger partial charge is 0.311 e. The molecule has 0 bridgehead atoms. The number of nitriles is 1. The van der Waals surface area contributed by atoms with Gasteiger partial charge in [-0.3, -0.25) is 4.79 Å². The van der Waals surface area contributed by atoms with E-state index in [1.807, 2.05) is 0 Å². The number of halogens is 3. The number of methoxy groups -OCH3 is 1. The number of carbonyl (C=O) groups excluding carboxylic acids is 1. The van der Waals surface area contributed by atoms with Gasteiger partial charge in [-0.2, -0.15) is 5.26 Å². The van der Waals surface area contributed by atoms with Crippen LogP contribution in [0.1, 0.15) is 23.4 Å². The molecule has 4 nitrogen and oxygen atoms in total. The molecule has 0 aromatic carbocycles. The maximum atomic E-state index is 13.2. The van der Waals surface area contributed by atoms with Gasteiger partial charge >= 0.3 is 5.97 Å². The maximum absolute atomic E-state index is 13.2. The van der Waals surface area contributed by atoms with Crippen molar-refractivity contribution in [1.82, 2.24) is 4.98 Å². The Hall–Kier alpha value is -2.10. The lowest BCUT2D eigenvalue weighted by molar-refractivity contribution is -0.139. The zero-order valence-electron chi connectivity index (χ0n) is 8.71. The third kappa shape index (κ3) is 2.93. The standard InChI is InChI=1S/C10H7F3N2O2/c1-17-8(16)3-5-2-6(10(12)13)9(11)7(4-14)15-5/h2,10H,3H2,1H3. The second-order valence-electron chi connectivity index (χ2n) is 3.03. The highest BCUT2D eigenvalue weighted by Gasteiger charge is 2.20. The maximum Gasteiger partial charge on any atom is 0.311 e. The van der Waals surface area contributed by atoms with Crippen molar-refractivity contribution < 1.29 is 22.7 Å². The van der Waals surface area contributed by atoms with Crippen LogP contribution in [0.15, 0.2) is 6.07 Å². The summed E-state index contributed by atoms with van der Waals surface area (Å²) in [5, 5.41) is 8.53. The number of esters is 1. The van der Waals surface area contributed by atoms with E-state index in [0.717, 1.165) is 13.2 Å². The van der Waals surface area contributed by atoms with Gasteiger partial charge in [-0.25, -0.2) is 18.2 Å². The second kappa shape index (κ2) is 5.30. The first-order valence-corrected chi connectivity index (χ1v) is 4.44. The summed E-state index contributed by atoms with van der Waals surface area (Å²) in [5.41, 5.74) is -1.85. The summed E-state index contributed by atoms with van der Waals surface area (Å²) in [6.07, 6.45) is -3.48. The van der Waals surface area contributed by atoms with Crippen molar-refractivity contribution in [2.75, 3.05) is 7.11 Å². The third-order valence-electron chi connectivity index (χ3n) is 1.93. The predicted octanol–water partition coefficient (Wildman–Crippen LogP) is 1.75. The van der Waals surface area contributed by atoms with E-state index in [1.54, 1.807) is 0 Å². The lowest BCUT2D eigenvalue weighted by Crippen LogP contribution is -2.09. The number of ether oxygens (including phenoxy) is 1. The van der Waals surface area contributed by atoms with Crippen molar-refractivity contribution in [2.45, 2.75) is 12.8 Å². The number of pyridine rings is 1. The Kier molecular flexibility index (Phi) is 4.04. The van der Waals surface area contributed by atoms with E-state index in [4.69, 9.17) is 5.26 Å². The number of alkyl halides is 2. The summed E-state index contributed by atoms with van der Waals surface area (Å²) in [6.45, 7) is 0. The first-order valence-electron chi connectivity index (χ1n) is 4.44. The van der Waals surface area contributed by atoms with Crippen LogP contribution in [-0.2, 0) is 16.0 Å². The Morgan fingerprint density at radius 3 is 2.76 bits per heavy atom. The van der Waals surface area contributed by atoms with Gasteiger partial charge in [-0.05, 0) is 6.07 Å². The first-order chi connectivity index (χ1) is 7.99. The minimum atomic E-state index is -3.08. The van der Waals surface area contributed by atoms with E-state index < -0.39 is 35.9 Å². The second-order valence-corrected chi connectivity index (χ2v) is 3.03. The van der Waals surface area contributed by atoms with E-state index in [1.165, 1.54) is 6.07 Å². The molecule has 1 rings (SSSR count). The van der Waals surface area contributed by atoms with Crippen molar-refractivity contribution in [3.05, 3.63) is 28.8 Å². The van der Waals surface area contributed by atoms with E-state index >= 15 is 0 Å². The molecule has 0 N–H and O–H groups in total. The molecule has 0 unspecified atom stereocenters. The molecule has 1 aromatic heterocycles. The topological polar surface area (TPSA) is 63.0 Å². The molecule has 0 aliphatic heterocycles. The highest BCUT2D eigenvalue weighted by Crippen LogP contribution is 2.24. The fourth-order valence-electron chi connectivity index (χ4n) is 1.15. The Labute approximate surface area is 94.6 Å². The zero-order chi connectivity index (χ0) is 13.0. The number of carbonyl (C=O) groups is 1. The van der Waals surface area contributed by atoms with Gasteiger partial charge in [0.25, 0.3) is 6.43 Å². The minimum Gasteiger partial charge on any atom is -0.469 e. The fourth-order valence-corrected chi connectivity index (χ4v) is 1.15. The lowest BCUT2D eigenvalue weighted by Gasteiger charge is -2.06. The largest absolute Gasteiger partial charge is 0.469 e. The summed E-state index contributed by atoms with van der Waals surface area (Å²) in [5.74, 6) is -2.08. The van der Waals surface area contributed by atoms with E-state index in [9.17, 15) is 18.0 Å². The molecule has 7 heteroatoms. The molecule has 0 spiro atoms. The van der Waals surface area contributed by atoms with Gasteiger partial charge in [0, 0.05) is 0 Å². The van der Waals surface area contributed by atoms with E-state index in [2.05, 4.69) is 9.72 Å². The Morgan fingerprint density at radius 2 is 2.29 bits per heavy atom. The number of rotatable bonds is 3. The molecule has 90 valence electrons. The molecule has 17 heavy (non-hydrogen) atoms. The van der Waals surface area contributed by atoms with Gasteiger partial charge < -0.3 is 4.74 Å². The molecule has 1 aromatic rings.